The largest absolute Gasteiger partial charge is 0.494 e. The Bertz CT molecular complexity index is 1330. The number of fused-ring (bicyclic) bond motifs is 2. The molecule has 11 heteroatoms. The van der Waals surface area contributed by atoms with Crippen LogP contribution in [-0.2, 0) is 9.59 Å². The van der Waals surface area contributed by atoms with Gasteiger partial charge >= 0.3 is 4.87 Å². The number of amides is 2. The van der Waals surface area contributed by atoms with E-state index in [2.05, 4.69) is 4.98 Å². The first-order chi connectivity index (χ1) is 15.9. The molecule has 1 fully saturated rings. The molecule has 9 nitrogen and oxygen atoms in total. The summed E-state index contributed by atoms with van der Waals surface area (Å²) in [6, 6.07) is 12.7. The number of aromatic nitrogens is 1. The van der Waals surface area contributed by atoms with Crippen LogP contribution in [0.25, 0.3) is 0 Å². The lowest BCUT2D eigenvalue weighted by molar-refractivity contribution is -0.384. The number of carbonyl (C=O) groups is 2. The molecule has 2 aliphatic rings. The number of non-ortho nitro benzene ring substituents is 1. The van der Waals surface area contributed by atoms with Crippen molar-refractivity contribution in [2.45, 2.75) is 23.1 Å². The number of imide groups is 1. The van der Waals surface area contributed by atoms with E-state index in [1.807, 2.05) is 6.92 Å². The molecule has 168 valence electrons. The summed E-state index contributed by atoms with van der Waals surface area (Å²) in [5, 5.41) is 11.1. The van der Waals surface area contributed by atoms with Crippen LogP contribution in [0.4, 0.5) is 11.4 Å². The molecule has 0 saturated carbocycles. The van der Waals surface area contributed by atoms with Gasteiger partial charge in [-0.3, -0.25) is 24.5 Å². The fourth-order valence-electron chi connectivity index (χ4n) is 4.32. The smallest absolute Gasteiger partial charge is 0.305 e. The van der Waals surface area contributed by atoms with E-state index in [1.165, 1.54) is 12.1 Å². The van der Waals surface area contributed by atoms with Gasteiger partial charge in [-0.05, 0) is 36.8 Å². The van der Waals surface area contributed by atoms with Crippen LogP contribution in [0.15, 0.2) is 58.4 Å². The third-order valence-electron chi connectivity index (χ3n) is 5.67. The number of thioether (sulfide) groups is 1. The maximum atomic E-state index is 13.6. The highest BCUT2D eigenvalue weighted by Gasteiger charge is 2.56. The first-order valence-corrected chi connectivity index (χ1v) is 11.8. The lowest BCUT2D eigenvalue weighted by Crippen LogP contribution is -2.32. The standard InChI is InChI=1S/C22H17N3O6S2/c1-2-31-14-8-6-12(7-9-14)24-20(26)16-15(11-4-3-5-13(10-11)25(29)30)17-19(23-22(28)33-17)32-18(16)21(24)27/h3-10,15-16,18H,2H2,1H3,(H,23,28)/t15-,16-,18-/m0/s1. The monoisotopic (exact) mass is 483 g/mol. The van der Waals surface area contributed by atoms with Crippen LogP contribution in [0.1, 0.15) is 23.3 Å². The van der Waals surface area contributed by atoms with E-state index in [1.54, 1.807) is 36.4 Å². The summed E-state index contributed by atoms with van der Waals surface area (Å²) in [5.41, 5.74) is 0.829. The number of benzene rings is 2. The summed E-state index contributed by atoms with van der Waals surface area (Å²) >= 11 is 2.13. The summed E-state index contributed by atoms with van der Waals surface area (Å²) < 4.78 is 5.44. The Hall–Kier alpha value is -3.44. The van der Waals surface area contributed by atoms with E-state index >= 15 is 0 Å². The van der Waals surface area contributed by atoms with Gasteiger partial charge in [0.05, 0.1) is 28.2 Å². The number of nitro groups is 1. The minimum atomic E-state index is -0.796. The van der Waals surface area contributed by atoms with Crippen LogP contribution in [0, 0.1) is 16.0 Å². The molecule has 0 spiro atoms. The molecular weight excluding hydrogens is 466 g/mol. The number of hydrogen-bond donors (Lipinski definition) is 1. The highest BCUT2D eigenvalue weighted by molar-refractivity contribution is 8.00. The lowest BCUT2D eigenvalue weighted by Gasteiger charge is -2.29. The fourth-order valence-corrected chi connectivity index (χ4v) is 6.84. The van der Waals surface area contributed by atoms with Gasteiger partial charge in [-0.2, -0.15) is 0 Å². The first kappa shape index (κ1) is 21.4. The van der Waals surface area contributed by atoms with Crippen molar-refractivity contribution in [3.05, 3.63) is 78.8 Å². The maximum Gasteiger partial charge on any atom is 0.305 e. The third-order valence-corrected chi connectivity index (χ3v) is 8.07. The predicted molar refractivity (Wildman–Crippen MR) is 123 cm³/mol. The number of carbonyl (C=O) groups excluding carboxylic acids is 2. The van der Waals surface area contributed by atoms with Crippen molar-refractivity contribution < 1.29 is 19.2 Å². The number of rotatable bonds is 5. The van der Waals surface area contributed by atoms with E-state index in [9.17, 15) is 24.5 Å². The molecule has 2 aromatic carbocycles. The molecule has 2 aliphatic heterocycles. The van der Waals surface area contributed by atoms with E-state index in [0.29, 0.717) is 33.5 Å². The number of nitro benzene ring substituents is 1. The van der Waals surface area contributed by atoms with Gasteiger partial charge < -0.3 is 9.72 Å². The van der Waals surface area contributed by atoms with Crippen LogP contribution < -0.4 is 14.5 Å². The molecule has 1 aromatic heterocycles. The number of nitrogens with zero attached hydrogens (tertiary/aromatic N) is 2. The van der Waals surface area contributed by atoms with Crippen LogP contribution in [0.2, 0.25) is 0 Å². The topological polar surface area (TPSA) is 123 Å². The molecule has 0 unspecified atom stereocenters. The van der Waals surface area contributed by atoms with Crippen LogP contribution in [-0.4, -0.2) is 33.6 Å². The van der Waals surface area contributed by atoms with Crippen LogP contribution in [0.5, 0.6) is 5.75 Å². The Morgan fingerprint density at radius 2 is 1.88 bits per heavy atom. The number of aromatic amines is 1. The molecule has 2 amide bonds. The molecule has 0 bridgehead atoms. The molecule has 3 atom stereocenters. The van der Waals surface area contributed by atoms with E-state index in [-0.39, 0.29) is 16.5 Å². The van der Waals surface area contributed by atoms with Gasteiger partial charge in [0.1, 0.15) is 11.0 Å². The second kappa shape index (κ2) is 8.16. The zero-order valence-corrected chi connectivity index (χ0v) is 18.9. The second-order valence-corrected chi connectivity index (χ2v) is 9.71. The van der Waals surface area contributed by atoms with Crippen molar-refractivity contribution >= 4 is 46.3 Å². The van der Waals surface area contributed by atoms with Crippen molar-refractivity contribution in [2.24, 2.45) is 5.92 Å². The molecule has 5 rings (SSSR count). The van der Waals surface area contributed by atoms with Gasteiger partial charge in [0, 0.05) is 22.9 Å². The van der Waals surface area contributed by atoms with Crippen LogP contribution >= 0.6 is 23.1 Å². The average Bonchev–Trinajstić information content (AvgIpc) is 3.29. The Morgan fingerprint density at radius 3 is 2.58 bits per heavy atom. The zero-order chi connectivity index (χ0) is 23.3. The second-order valence-electron chi connectivity index (χ2n) is 7.54. The van der Waals surface area contributed by atoms with Gasteiger partial charge in [0.15, 0.2) is 0 Å². The highest BCUT2D eigenvalue weighted by Crippen LogP contribution is 2.53. The molecule has 1 N–H and O–H groups in total. The minimum Gasteiger partial charge on any atom is -0.494 e. The first-order valence-electron chi connectivity index (χ1n) is 10.1. The highest BCUT2D eigenvalue weighted by atomic mass is 32.2. The molecular formula is C22H17N3O6S2. The summed E-state index contributed by atoms with van der Waals surface area (Å²) in [7, 11) is 0. The van der Waals surface area contributed by atoms with Gasteiger partial charge in [0.2, 0.25) is 11.8 Å². The van der Waals surface area contributed by atoms with Gasteiger partial charge in [-0.25, -0.2) is 4.90 Å². The molecule has 33 heavy (non-hydrogen) atoms. The maximum absolute atomic E-state index is 13.6. The number of nitrogens with one attached hydrogen (secondary N) is 1. The van der Waals surface area contributed by atoms with Crippen LogP contribution in [0.3, 0.4) is 0 Å². The molecule has 0 aliphatic carbocycles. The Labute approximate surface area is 195 Å². The number of hydrogen-bond acceptors (Lipinski definition) is 8. The fraction of sp³-hybridized carbons (Fsp3) is 0.227. The summed E-state index contributed by atoms with van der Waals surface area (Å²) in [6.07, 6.45) is 0. The molecule has 0 radical (unpaired) electrons. The number of thiazole rings is 1. The van der Waals surface area contributed by atoms with Crippen molar-refractivity contribution in [2.75, 3.05) is 11.5 Å². The Morgan fingerprint density at radius 1 is 1.12 bits per heavy atom. The molecule has 1 saturated heterocycles. The lowest BCUT2D eigenvalue weighted by atomic mass is 9.83. The Balaban J connectivity index is 1.60. The number of H-pyrrole nitrogens is 1. The molecule has 3 aromatic rings. The quantitative estimate of drug-likeness (QED) is 0.334. The van der Waals surface area contributed by atoms with Gasteiger partial charge in [-0.1, -0.05) is 35.2 Å². The summed E-state index contributed by atoms with van der Waals surface area (Å²) in [4.78, 5) is 54.2. The molecule has 3 heterocycles. The SMILES string of the molecule is CCOc1ccc(N2C(=O)[C@H]3[C@H](c4cccc([N+](=O)[O-])c4)c4sc(=O)[nH]c4S[C@@H]3C2=O)cc1. The van der Waals surface area contributed by atoms with Crippen molar-refractivity contribution in [1.29, 1.82) is 0 Å². The Kier molecular flexibility index (Phi) is 5.29. The van der Waals surface area contributed by atoms with E-state index in [0.717, 1.165) is 28.0 Å². The average molecular weight is 484 g/mol. The predicted octanol–water partition coefficient (Wildman–Crippen LogP) is 3.54. The number of anilines is 1. The zero-order valence-electron chi connectivity index (χ0n) is 17.2. The minimum absolute atomic E-state index is 0.119. The number of ether oxygens (including phenoxy) is 1. The normalized spacial score (nSPS) is 21.6. The third kappa shape index (κ3) is 3.53. The van der Waals surface area contributed by atoms with Gasteiger partial charge in [-0.15, -0.1) is 0 Å². The van der Waals surface area contributed by atoms with Crippen molar-refractivity contribution in [1.82, 2.24) is 4.98 Å². The van der Waals surface area contributed by atoms with E-state index < -0.39 is 27.9 Å². The summed E-state index contributed by atoms with van der Waals surface area (Å²) in [5.74, 6) is -1.60. The summed E-state index contributed by atoms with van der Waals surface area (Å²) in [6.45, 7) is 2.35. The van der Waals surface area contributed by atoms with Crippen molar-refractivity contribution in [3.8, 4) is 5.75 Å². The van der Waals surface area contributed by atoms with Crippen molar-refractivity contribution in [3.63, 3.8) is 0 Å². The van der Waals surface area contributed by atoms with Gasteiger partial charge in [0.25, 0.3) is 5.69 Å². The van der Waals surface area contributed by atoms with E-state index in [4.69, 9.17) is 4.74 Å².